The maximum absolute atomic E-state index is 6.79. The molecular weight excluding hydrogens is 458 g/mol. The fourth-order valence-corrected chi connectivity index (χ4v) is 5.44. The zero-order valence-corrected chi connectivity index (χ0v) is 22.0. The van der Waals surface area contributed by atoms with E-state index in [1.54, 1.807) is 14.2 Å². The number of likely N-dealkylation sites (tertiary alicyclic amines) is 1. The summed E-state index contributed by atoms with van der Waals surface area (Å²) >= 11 is 0. The molecule has 5 rings (SSSR count). The quantitative estimate of drug-likeness (QED) is 0.224. The van der Waals surface area contributed by atoms with Gasteiger partial charge in [-0.2, -0.15) is 0 Å². The van der Waals surface area contributed by atoms with Crippen LogP contribution < -0.4 is 14.2 Å². The van der Waals surface area contributed by atoms with Crippen molar-refractivity contribution in [3.8, 4) is 28.4 Å². The number of hydrogen-bond acceptors (Lipinski definition) is 4. The molecule has 192 valence electrons. The lowest BCUT2D eigenvalue weighted by molar-refractivity contribution is 0.173. The Morgan fingerprint density at radius 1 is 0.730 bits per heavy atom. The number of methoxy groups -OCH3 is 2. The minimum absolute atomic E-state index is 0.0820. The minimum atomic E-state index is -0.0820. The Morgan fingerprint density at radius 3 is 2.19 bits per heavy atom. The van der Waals surface area contributed by atoms with Crippen LogP contribution in [0, 0.1) is 0 Å². The molecule has 1 heterocycles. The van der Waals surface area contributed by atoms with Crippen LogP contribution in [0.3, 0.4) is 0 Å². The van der Waals surface area contributed by atoms with Crippen molar-refractivity contribution in [2.75, 3.05) is 33.9 Å². The van der Waals surface area contributed by atoms with Crippen molar-refractivity contribution >= 4 is 10.8 Å². The number of nitrogens with zero attached hydrogens (tertiary/aromatic N) is 1. The zero-order chi connectivity index (χ0) is 25.5. The minimum Gasteiger partial charge on any atom is -0.497 e. The fourth-order valence-electron chi connectivity index (χ4n) is 5.44. The van der Waals surface area contributed by atoms with Gasteiger partial charge in [0.25, 0.3) is 0 Å². The Bertz CT molecular complexity index is 1280. The summed E-state index contributed by atoms with van der Waals surface area (Å²) in [6, 6.07) is 29.3. The number of rotatable bonds is 10. The highest BCUT2D eigenvalue weighted by Gasteiger charge is 2.22. The molecule has 4 nitrogen and oxygen atoms in total. The molecule has 1 fully saturated rings. The summed E-state index contributed by atoms with van der Waals surface area (Å²) in [6.45, 7) is 3.55. The molecule has 0 amide bonds. The highest BCUT2D eigenvalue weighted by molar-refractivity contribution is 5.93. The molecule has 1 aliphatic heterocycles. The summed E-state index contributed by atoms with van der Waals surface area (Å²) in [5.41, 5.74) is 3.58. The van der Waals surface area contributed by atoms with Crippen LogP contribution in [-0.2, 0) is 0 Å². The SMILES string of the molecule is COc1ccc(-c2ccc3cc(OC)ccc3c2C(CCCN2CCCCC2)Oc2ccccc2)cc1. The Balaban J connectivity index is 1.56. The van der Waals surface area contributed by atoms with Gasteiger partial charge in [-0.05, 0) is 104 Å². The van der Waals surface area contributed by atoms with Gasteiger partial charge in [0.15, 0.2) is 0 Å². The first-order valence-electron chi connectivity index (χ1n) is 13.4. The number of fused-ring (bicyclic) bond motifs is 1. The standard InChI is InChI=1S/C33H37NO3/c1-35-27-16-13-25(14-17-27)30-19-15-26-24-29(36-2)18-20-31(26)33(30)32(37-28-10-5-3-6-11-28)12-9-23-34-21-7-4-8-22-34/h3,5-6,10-11,13-20,24,32H,4,7-9,12,21-23H2,1-2H3. The van der Waals surface area contributed by atoms with E-state index in [0.29, 0.717) is 0 Å². The monoisotopic (exact) mass is 495 g/mol. The lowest BCUT2D eigenvalue weighted by atomic mass is 9.89. The molecule has 0 saturated carbocycles. The maximum Gasteiger partial charge on any atom is 0.125 e. The largest absolute Gasteiger partial charge is 0.497 e. The second kappa shape index (κ2) is 12.2. The van der Waals surface area contributed by atoms with Crippen LogP contribution in [0.25, 0.3) is 21.9 Å². The average Bonchev–Trinajstić information content (AvgIpc) is 2.97. The molecule has 0 bridgehead atoms. The Morgan fingerprint density at radius 2 is 1.46 bits per heavy atom. The van der Waals surface area contributed by atoms with Crippen LogP contribution in [0.5, 0.6) is 17.2 Å². The van der Waals surface area contributed by atoms with Gasteiger partial charge < -0.3 is 19.1 Å². The van der Waals surface area contributed by atoms with E-state index < -0.39 is 0 Å². The molecule has 4 aromatic carbocycles. The first-order chi connectivity index (χ1) is 18.2. The fraction of sp³-hybridized carbons (Fsp3) is 0.333. The molecule has 1 aliphatic rings. The lowest BCUT2D eigenvalue weighted by Crippen LogP contribution is -2.30. The van der Waals surface area contributed by atoms with Crippen molar-refractivity contribution in [3.05, 3.63) is 90.5 Å². The Kier molecular flexibility index (Phi) is 8.27. The van der Waals surface area contributed by atoms with Gasteiger partial charge in [-0.3, -0.25) is 0 Å². The molecule has 1 saturated heterocycles. The van der Waals surface area contributed by atoms with Crippen LogP contribution >= 0.6 is 0 Å². The van der Waals surface area contributed by atoms with Gasteiger partial charge in [-0.1, -0.05) is 55.0 Å². The van der Waals surface area contributed by atoms with Gasteiger partial charge in [0.05, 0.1) is 14.2 Å². The second-order valence-corrected chi connectivity index (χ2v) is 9.81. The van der Waals surface area contributed by atoms with Crippen LogP contribution in [0.15, 0.2) is 84.9 Å². The highest BCUT2D eigenvalue weighted by atomic mass is 16.5. The topological polar surface area (TPSA) is 30.9 Å². The third kappa shape index (κ3) is 6.08. The maximum atomic E-state index is 6.79. The Hall–Kier alpha value is -3.50. The van der Waals surface area contributed by atoms with E-state index in [4.69, 9.17) is 14.2 Å². The number of para-hydroxylation sites is 1. The van der Waals surface area contributed by atoms with Crippen LogP contribution in [0.1, 0.15) is 43.8 Å². The zero-order valence-electron chi connectivity index (χ0n) is 22.0. The summed E-state index contributed by atoms with van der Waals surface area (Å²) in [7, 11) is 3.42. The molecule has 0 spiro atoms. The van der Waals surface area contributed by atoms with E-state index in [2.05, 4.69) is 59.5 Å². The molecule has 4 aromatic rings. The first-order valence-corrected chi connectivity index (χ1v) is 13.4. The van der Waals surface area contributed by atoms with Crippen LogP contribution in [0.2, 0.25) is 0 Å². The van der Waals surface area contributed by atoms with Gasteiger partial charge >= 0.3 is 0 Å². The van der Waals surface area contributed by atoms with E-state index >= 15 is 0 Å². The lowest BCUT2D eigenvalue weighted by Gasteiger charge is -2.28. The summed E-state index contributed by atoms with van der Waals surface area (Å²) in [6.07, 6.45) is 5.95. The molecule has 1 unspecified atom stereocenters. The van der Waals surface area contributed by atoms with E-state index in [-0.39, 0.29) is 6.10 Å². The highest BCUT2D eigenvalue weighted by Crippen LogP contribution is 2.40. The molecule has 37 heavy (non-hydrogen) atoms. The average molecular weight is 496 g/mol. The molecule has 0 aromatic heterocycles. The van der Waals surface area contributed by atoms with Crippen molar-refractivity contribution in [2.45, 2.75) is 38.2 Å². The summed E-state index contributed by atoms with van der Waals surface area (Å²) in [5.74, 6) is 2.62. The molecule has 0 radical (unpaired) electrons. The van der Waals surface area contributed by atoms with Gasteiger partial charge in [0.2, 0.25) is 0 Å². The predicted octanol–water partition coefficient (Wildman–Crippen LogP) is 7.91. The van der Waals surface area contributed by atoms with Crippen molar-refractivity contribution in [1.82, 2.24) is 4.90 Å². The van der Waals surface area contributed by atoms with Gasteiger partial charge in [-0.15, -0.1) is 0 Å². The number of benzene rings is 4. The second-order valence-electron chi connectivity index (χ2n) is 9.81. The Labute approximate surface area is 220 Å². The third-order valence-corrected chi connectivity index (χ3v) is 7.40. The normalized spacial score (nSPS) is 14.9. The van der Waals surface area contributed by atoms with Crippen molar-refractivity contribution in [2.24, 2.45) is 0 Å². The van der Waals surface area contributed by atoms with E-state index in [9.17, 15) is 0 Å². The van der Waals surface area contributed by atoms with Gasteiger partial charge in [0, 0.05) is 5.56 Å². The number of hydrogen-bond donors (Lipinski definition) is 0. The van der Waals surface area contributed by atoms with Crippen molar-refractivity contribution in [3.63, 3.8) is 0 Å². The van der Waals surface area contributed by atoms with Crippen molar-refractivity contribution < 1.29 is 14.2 Å². The molecule has 0 aliphatic carbocycles. The molecule has 1 atom stereocenters. The summed E-state index contributed by atoms with van der Waals surface area (Å²) in [5, 5.41) is 2.36. The van der Waals surface area contributed by atoms with Crippen LogP contribution in [-0.4, -0.2) is 38.8 Å². The van der Waals surface area contributed by atoms with Crippen molar-refractivity contribution in [1.29, 1.82) is 0 Å². The van der Waals surface area contributed by atoms with Gasteiger partial charge in [0.1, 0.15) is 23.4 Å². The first kappa shape index (κ1) is 25.2. The smallest absolute Gasteiger partial charge is 0.125 e. The summed E-state index contributed by atoms with van der Waals surface area (Å²) in [4.78, 5) is 2.61. The van der Waals surface area contributed by atoms with Gasteiger partial charge in [-0.25, -0.2) is 0 Å². The molecular formula is C33H37NO3. The predicted molar refractivity (Wildman–Crippen MR) is 152 cm³/mol. The third-order valence-electron chi connectivity index (χ3n) is 7.40. The number of ether oxygens (including phenoxy) is 3. The van der Waals surface area contributed by atoms with E-state index in [0.717, 1.165) is 47.6 Å². The van der Waals surface area contributed by atoms with E-state index in [1.165, 1.54) is 48.9 Å². The van der Waals surface area contributed by atoms with E-state index in [1.807, 2.05) is 30.3 Å². The molecule has 4 heteroatoms. The summed E-state index contributed by atoms with van der Waals surface area (Å²) < 4.78 is 17.8. The molecule has 0 N–H and O–H groups in total. The number of piperidine rings is 1. The van der Waals surface area contributed by atoms with Crippen LogP contribution in [0.4, 0.5) is 0 Å².